The fourth-order valence-corrected chi connectivity index (χ4v) is 2.00. The number of rotatable bonds is 4. The van der Waals surface area contributed by atoms with Crippen LogP contribution in [0.4, 0.5) is 24.5 Å². The molecule has 1 aromatic rings. The van der Waals surface area contributed by atoms with Gasteiger partial charge in [0.2, 0.25) is 5.91 Å². The molecule has 3 N–H and O–H groups in total. The lowest BCUT2D eigenvalue weighted by atomic mass is 10.1. The number of alkyl halides is 3. The molecule has 1 amide bonds. The van der Waals surface area contributed by atoms with Crippen LogP contribution in [0.15, 0.2) is 18.2 Å². The van der Waals surface area contributed by atoms with Crippen LogP contribution in [0.3, 0.4) is 0 Å². The molecule has 0 aliphatic rings. The Balaban J connectivity index is 2.79. The predicted octanol–water partition coefficient (Wildman–Crippen LogP) is 2.38. The highest BCUT2D eigenvalue weighted by molar-refractivity contribution is 7.86. The lowest BCUT2D eigenvalue weighted by Gasteiger charge is -2.12. The Bertz CT molecular complexity index is 530. The number of hydrogen-bond donors (Lipinski definition) is 2. The van der Waals surface area contributed by atoms with Crippen LogP contribution in [0.2, 0.25) is 0 Å². The summed E-state index contributed by atoms with van der Waals surface area (Å²) in [4.78, 5) is 11.6. The maximum absolute atomic E-state index is 12.4. The van der Waals surface area contributed by atoms with Gasteiger partial charge in [-0.15, -0.1) is 0 Å². The Labute approximate surface area is 117 Å². The SMILES string of the molecule is CC(C)S(=O)CC(=O)Nc1ccc(C(F)(F)F)cc1N. The van der Waals surface area contributed by atoms with Crippen LogP contribution in [0.25, 0.3) is 0 Å². The lowest BCUT2D eigenvalue weighted by molar-refractivity contribution is -0.137. The molecule has 1 unspecified atom stereocenters. The first kappa shape index (κ1) is 16.5. The van der Waals surface area contributed by atoms with E-state index in [9.17, 15) is 22.2 Å². The summed E-state index contributed by atoms with van der Waals surface area (Å²) in [5.41, 5.74) is 4.46. The Hall–Kier alpha value is -1.57. The van der Waals surface area contributed by atoms with E-state index in [1.54, 1.807) is 13.8 Å². The molecule has 1 atom stereocenters. The van der Waals surface area contributed by atoms with Crippen molar-refractivity contribution < 1.29 is 22.2 Å². The van der Waals surface area contributed by atoms with Gasteiger partial charge >= 0.3 is 6.18 Å². The van der Waals surface area contributed by atoms with Crippen LogP contribution in [-0.4, -0.2) is 21.1 Å². The minimum atomic E-state index is -4.49. The minimum absolute atomic E-state index is 0.0729. The zero-order valence-corrected chi connectivity index (χ0v) is 11.8. The van der Waals surface area contributed by atoms with E-state index in [1.807, 2.05) is 0 Å². The monoisotopic (exact) mass is 308 g/mol. The molecule has 0 radical (unpaired) electrons. The summed E-state index contributed by atoms with van der Waals surface area (Å²) in [5.74, 6) is -0.776. The Kier molecular flexibility index (Phi) is 5.15. The number of benzene rings is 1. The van der Waals surface area contributed by atoms with Crippen molar-refractivity contribution in [2.75, 3.05) is 16.8 Å². The van der Waals surface area contributed by atoms with Crippen LogP contribution in [0.1, 0.15) is 19.4 Å². The van der Waals surface area contributed by atoms with Crippen molar-refractivity contribution in [3.8, 4) is 0 Å². The highest BCUT2D eigenvalue weighted by Gasteiger charge is 2.30. The summed E-state index contributed by atoms with van der Waals surface area (Å²) in [5, 5.41) is 2.18. The summed E-state index contributed by atoms with van der Waals surface area (Å²) < 4.78 is 48.8. The molecular weight excluding hydrogens is 293 g/mol. The van der Waals surface area contributed by atoms with Crippen molar-refractivity contribution in [3.63, 3.8) is 0 Å². The molecule has 0 aromatic heterocycles. The average Bonchev–Trinajstić information content (AvgIpc) is 2.30. The molecule has 0 saturated heterocycles. The number of halogens is 3. The van der Waals surface area contributed by atoms with Gasteiger partial charge in [-0.05, 0) is 18.2 Å². The van der Waals surface area contributed by atoms with Crippen molar-refractivity contribution in [3.05, 3.63) is 23.8 Å². The van der Waals surface area contributed by atoms with Gasteiger partial charge in [-0.3, -0.25) is 9.00 Å². The van der Waals surface area contributed by atoms with Crippen molar-refractivity contribution >= 4 is 28.1 Å². The molecule has 20 heavy (non-hydrogen) atoms. The first-order chi connectivity index (χ1) is 9.11. The fourth-order valence-electron chi connectivity index (χ4n) is 1.34. The smallest absolute Gasteiger partial charge is 0.397 e. The summed E-state index contributed by atoms with van der Waals surface area (Å²) in [7, 11) is -1.33. The molecule has 0 heterocycles. The van der Waals surface area contributed by atoms with Gasteiger partial charge < -0.3 is 11.1 Å². The number of amides is 1. The third-order valence-corrected chi connectivity index (χ3v) is 4.05. The lowest BCUT2D eigenvalue weighted by Crippen LogP contribution is -2.23. The maximum atomic E-state index is 12.4. The molecule has 112 valence electrons. The van der Waals surface area contributed by atoms with Gasteiger partial charge in [0.25, 0.3) is 0 Å². The minimum Gasteiger partial charge on any atom is -0.397 e. The number of nitrogen functional groups attached to an aromatic ring is 1. The van der Waals surface area contributed by atoms with E-state index in [4.69, 9.17) is 5.73 Å². The topological polar surface area (TPSA) is 72.2 Å². The molecule has 8 heteroatoms. The van der Waals surface area contributed by atoms with Gasteiger partial charge in [0.05, 0.1) is 16.9 Å². The summed E-state index contributed by atoms with van der Waals surface area (Å²) in [6, 6.07) is 2.65. The van der Waals surface area contributed by atoms with Crippen molar-refractivity contribution in [1.82, 2.24) is 0 Å². The highest BCUT2D eigenvalue weighted by atomic mass is 32.2. The molecule has 4 nitrogen and oxygen atoms in total. The highest BCUT2D eigenvalue weighted by Crippen LogP contribution is 2.32. The van der Waals surface area contributed by atoms with E-state index in [2.05, 4.69) is 5.32 Å². The first-order valence-corrected chi connectivity index (χ1v) is 7.13. The van der Waals surface area contributed by atoms with E-state index < -0.39 is 28.4 Å². The zero-order chi connectivity index (χ0) is 15.5. The number of hydrogen-bond acceptors (Lipinski definition) is 3. The summed E-state index contributed by atoms with van der Waals surface area (Å²) in [6.07, 6.45) is -4.49. The van der Waals surface area contributed by atoms with Gasteiger partial charge in [0, 0.05) is 16.0 Å². The Morgan fingerprint density at radius 1 is 1.40 bits per heavy atom. The molecule has 0 spiro atoms. The second kappa shape index (κ2) is 6.25. The van der Waals surface area contributed by atoms with E-state index in [0.29, 0.717) is 0 Å². The van der Waals surface area contributed by atoms with Crippen LogP contribution in [-0.2, 0) is 21.8 Å². The second-order valence-electron chi connectivity index (χ2n) is 4.42. The standard InChI is InChI=1S/C12H15F3N2O2S/c1-7(2)20(19)6-11(18)17-10-4-3-8(5-9(10)16)12(13,14)15/h3-5,7H,6,16H2,1-2H3,(H,17,18). The normalized spacial score (nSPS) is 13.3. The Morgan fingerprint density at radius 2 is 2.00 bits per heavy atom. The third kappa shape index (κ3) is 4.52. The quantitative estimate of drug-likeness (QED) is 0.839. The molecule has 0 aliphatic carbocycles. The Morgan fingerprint density at radius 3 is 2.45 bits per heavy atom. The molecule has 0 aliphatic heterocycles. The maximum Gasteiger partial charge on any atom is 0.416 e. The molecule has 0 saturated carbocycles. The number of carbonyl (C=O) groups excluding carboxylic acids is 1. The molecule has 0 fully saturated rings. The van der Waals surface area contributed by atoms with E-state index in [1.165, 1.54) is 0 Å². The summed E-state index contributed by atoms with van der Waals surface area (Å²) >= 11 is 0. The first-order valence-electron chi connectivity index (χ1n) is 5.75. The van der Waals surface area contributed by atoms with Gasteiger partial charge in [-0.25, -0.2) is 0 Å². The van der Waals surface area contributed by atoms with Crippen molar-refractivity contribution in [2.45, 2.75) is 25.3 Å². The van der Waals surface area contributed by atoms with E-state index >= 15 is 0 Å². The molecular formula is C12H15F3N2O2S. The largest absolute Gasteiger partial charge is 0.416 e. The van der Waals surface area contributed by atoms with Crippen LogP contribution in [0.5, 0.6) is 0 Å². The summed E-state index contributed by atoms with van der Waals surface area (Å²) in [6.45, 7) is 3.41. The van der Waals surface area contributed by atoms with Gasteiger partial charge in [0.15, 0.2) is 0 Å². The van der Waals surface area contributed by atoms with Gasteiger partial charge in [0.1, 0.15) is 5.75 Å². The second-order valence-corrected chi connectivity index (χ2v) is 6.41. The van der Waals surface area contributed by atoms with Crippen LogP contribution < -0.4 is 11.1 Å². The predicted molar refractivity (Wildman–Crippen MR) is 72.6 cm³/mol. The number of nitrogens with two attached hydrogens (primary N) is 1. The fraction of sp³-hybridized carbons (Fsp3) is 0.417. The molecule has 1 aromatic carbocycles. The van der Waals surface area contributed by atoms with Crippen LogP contribution in [0, 0.1) is 0 Å². The third-order valence-electron chi connectivity index (χ3n) is 2.45. The number of nitrogens with one attached hydrogen (secondary N) is 1. The van der Waals surface area contributed by atoms with Gasteiger partial charge in [-0.2, -0.15) is 13.2 Å². The van der Waals surface area contributed by atoms with Crippen molar-refractivity contribution in [2.24, 2.45) is 0 Å². The number of anilines is 2. The number of carbonyl (C=O) groups is 1. The molecule has 1 rings (SSSR count). The average molecular weight is 308 g/mol. The van der Waals surface area contributed by atoms with E-state index in [0.717, 1.165) is 18.2 Å². The van der Waals surface area contributed by atoms with Crippen molar-refractivity contribution in [1.29, 1.82) is 0 Å². The van der Waals surface area contributed by atoms with Crippen LogP contribution >= 0.6 is 0 Å². The molecule has 0 bridgehead atoms. The zero-order valence-electron chi connectivity index (χ0n) is 11.0. The van der Waals surface area contributed by atoms with Gasteiger partial charge in [-0.1, -0.05) is 13.8 Å². The van der Waals surface area contributed by atoms with E-state index in [-0.39, 0.29) is 22.4 Å².